The van der Waals surface area contributed by atoms with Crippen molar-refractivity contribution in [2.45, 2.75) is 46.5 Å². The number of carboxylic acids is 1. The maximum Gasteiger partial charge on any atom is 0.307 e. The molecule has 0 bridgehead atoms. The van der Waals surface area contributed by atoms with Crippen LogP contribution < -0.4 is 0 Å². The lowest BCUT2D eigenvalue weighted by atomic mass is 9.75. The quantitative estimate of drug-likeness (QED) is 0.796. The molecule has 0 saturated carbocycles. The molecule has 0 unspecified atom stereocenters. The number of hydrogen-bond acceptors (Lipinski definition) is 2. The Morgan fingerprint density at radius 3 is 2.05 bits per heavy atom. The van der Waals surface area contributed by atoms with Crippen LogP contribution in [0.3, 0.4) is 0 Å². The van der Waals surface area contributed by atoms with Gasteiger partial charge in [0.1, 0.15) is 0 Å². The first-order chi connectivity index (χ1) is 9.80. The second-order valence-corrected chi connectivity index (χ2v) is 7.46. The van der Waals surface area contributed by atoms with Crippen LogP contribution in [0.2, 0.25) is 0 Å². The van der Waals surface area contributed by atoms with Crippen LogP contribution in [0.15, 0.2) is 12.2 Å². The highest BCUT2D eigenvalue weighted by molar-refractivity contribution is 5.85. The number of nitrogens with zero attached hydrogens (tertiary/aromatic N) is 1. The first-order valence-electron chi connectivity index (χ1n) is 7.97. The van der Waals surface area contributed by atoms with Crippen LogP contribution in [0.4, 0.5) is 0 Å². The van der Waals surface area contributed by atoms with Crippen molar-refractivity contribution in [2.75, 3.05) is 13.1 Å². The van der Waals surface area contributed by atoms with Gasteiger partial charge in [-0.3, -0.25) is 9.59 Å². The summed E-state index contributed by atoms with van der Waals surface area (Å²) in [5.41, 5.74) is 0.284. The van der Waals surface area contributed by atoms with Gasteiger partial charge in [-0.15, -0.1) is 0 Å². The van der Waals surface area contributed by atoms with Gasteiger partial charge in [0, 0.05) is 13.1 Å². The van der Waals surface area contributed by atoms with Gasteiger partial charge in [-0.2, -0.15) is 0 Å². The molecular weight excluding hydrogens is 266 g/mol. The minimum Gasteiger partial charge on any atom is -0.481 e. The summed E-state index contributed by atoms with van der Waals surface area (Å²) >= 11 is 0. The van der Waals surface area contributed by atoms with Crippen molar-refractivity contribution in [1.29, 1.82) is 0 Å². The van der Waals surface area contributed by atoms with Crippen LogP contribution in [-0.4, -0.2) is 35.0 Å². The summed E-state index contributed by atoms with van der Waals surface area (Å²) in [5, 5.41) is 9.30. The highest BCUT2D eigenvalue weighted by atomic mass is 16.4. The zero-order chi connectivity index (χ0) is 15.6. The highest BCUT2D eigenvalue weighted by Gasteiger charge is 2.38. The first kappa shape index (κ1) is 16.1. The van der Waals surface area contributed by atoms with Gasteiger partial charge in [-0.25, -0.2) is 0 Å². The van der Waals surface area contributed by atoms with Crippen LogP contribution in [0.1, 0.15) is 46.5 Å². The number of amides is 1. The molecule has 1 fully saturated rings. The van der Waals surface area contributed by atoms with E-state index in [4.69, 9.17) is 0 Å². The summed E-state index contributed by atoms with van der Waals surface area (Å²) in [6, 6.07) is 0. The summed E-state index contributed by atoms with van der Waals surface area (Å²) in [6.07, 6.45) is 6.92. The topological polar surface area (TPSA) is 57.6 Å². The maximum absolute atomic E-state index is 12.7. The molecule has 2 atom stereocenters. The molecule has 2 rings (SSSR count). The summed E-state index contributed by atoms with van der Waals surface area (Å²) in [7, 11) is 0. The third-order valence-corrected chi connectivity index (χ3v) is 5.10. The number of hydrogen-bond donors (Lipinski definition) is 1. The Labute approximate surface area is 127 Å². The Kier molecular flexibility index (Phi) is 4.74. The molecule has 1 heterocycles. The average Bonchev–Trinajstić information content (AvgIpc) is 2.45. The third kappa shape index (κ3) is 3.66. The van der Waals surface area contributed by atoms with E-state index < -0.39 is 11.9 Å². The van der Waals surface area contributed by atoms with Gasteiger partial charge in [0.05, 0.1) is 11.8 Å². The highest BCUT2D eigenvalue weighted by Crippen LogP contribution is 2.35. The van der Waals surface area contributed by atoms with Gasteiger partial charge >= 0.3 is 5.97 Å². The number of allylic oxidation sites excluding steroid dienone is 2. The van der Waals surface area contributed by atoms with Gasteiger partial charge < -0.3 is 10.0 Å². The Balaban J connectivity index is 1.98. The van der Waals surface area contributed by atoms with E-state index >= 15 is 0 Å². The number of rotatable bonds is 2. The smallest absolute Gasteiger partial charge is 0.307 e. The minimum absolute atomic E-state index is 0.0408. The Morgan fingerprint density at radius 2 is 1.57 bits per heavy atom. The van der Waals surface area contributed by atoms with Crippen LogP contribution in [-0.2, 0) is 9.59 Å². The molecule has 0 aromatic rings. The molecule has 1 aliphatic heterocycles. The van der Waals surface area contributed by atoms with Crippen molar-refractivity contribution in [1.82, 2.24) is 4.90 Å². The largest absolute Gasteiger partial charge is 0.481 e. The van der Waals surface area contributed by atoms with E-state index in [1.54, 1.807) is 0 Å². The van der Waals surface area contributed by atoms with Gasteiger partial charge in [0.25, 0.3) is 0 Å². The lowest BCUT2D eigenvalue weighted by Gasteiger charge is -2.40. The Bertz CT molecular complexity index is 428. The fourth-order valence-corrected chi connectivity index (χ4v) is 3.56. The van der Waals surface area contributed by atoms with E-state index in [1.165, 1.54) is 0 Å². The molecule has 21 heavy (non-hydrogen) atoms. The SMILES string of the molecule is CC(C)(C)C1CCN(C(=O)[C@@H]2CC=CC[C@@H]2C(=O)O)CC1. The average molecular weight is 293 g/mol. The molecule has 0 spiro atoms. The fraction of sp³-hybridized carbons (Fsp3) is 0.765. The molecule has 0 aromatic carbocycles. The van der Waals surface area contributed by atoms with E-state index in [-0.39, 0.29) is 17.2 Å². The van der Waals surface area contributed by atoms with E-state index in [1.807, 2.05) is 17.1 Å². The molecule has 118 valence electrons. The predicted octanol–water partition coefficient (Wildman–Crippen LogP) is 2.94. The van der Waals surface area contributed by atoms with Crippen LogP contribution >= 0.6 is 0 Å². The van der Waals surface area contributed by atoms with Crippen LogP contribution in [0.25, 0.3) is 0 Å². The number of likely N-dealkylation sites (tertiary alicyclic amines) is 1. The second kappa shape index (κ2) is 6.20. The molecule has 4 heteroatoms. The normalized spacial score (nSPS) is 27.7. The van der Waals surface area contributed by atoms with E-state index in [0.29, 0.717) is 18.8 Å². The van der Waals surface area contributed by atoms with Crippen molar-refractivity contribution >= 4 is 11.9 Å². The molecule has 0 radical (unpaired) electrons. The molecule has 1 N–H and O–H groups in total. The third-order valence-electron chi connectivity index (χ3n) is 5.10. The van der Waals surface area contributed by atoms with E-state index in [0.717, 1.165) is 25.9 Å². The monoisotopic (exact) mass is 293 g/mol. The summed E-state index contributed by atoms with van der Waals surface area (Å²) in [5.74, 6) is -1.09. The van der Waals surface area contributed by atoms with Crippen molar-refractivity contribution in [2.24, 2.45) is 23.2 Å². The van der Waals surface area contributed by atoms with Gasteiger partial charge in [0.15, 0.2) is 0 Å². The zero-order valence-corrected chi connectivity index (χ0v) is 13.3. The van der Waals surface area contributed by atoms with Crippen LogP contribution in [0, 0.1) is 23.2 Å². The van der Waals surface area contributed by atoms with Gasteiger partial charge in [-0.1, -0.05) is 32.9 Å². The Morgan fingerprint density at radius 1 is 1.05 bits per heavy atom. The van der Waals surface area contributed by atoms with Crippen molar-refractivity contribution < 1.29 is 14.7 Å². The van der Waals surface area contributed by atoms with Crippen molar-refractivity contribution in [3.05, 3.63) is 12.2 Å². The van der Waals surface area contributed by atoms with Gasteiger partial charge in [0.2, 0.25) is 5.91 Å². The molecular formula is C17H27NO3. The summed E-state index contributed by atoms with van der Waals surface area (Å²) in [4.78, 5) is 25.9. The first-order valence-corrected chi connectivity index (χ1v) is 7.97. The van der Waals surface area contributed by atoms with E-state index in [9.17, 15) is 14.7 Å². The zero-order valence-electron chi connectivity index (χ0n) is 13.3. The molecule has 0 aromatic heterocycles. The summed E-state index contributed by atoms with van der Waals surface area (Å²) in [6.45, 7) is 8.30. The van der Waals surface area contributed by atoms with Crippen LogP contribution in [0.5, 0.6) is 0 Å². The number of aliphatic carboxylic acids is 1. The predicted molar refractivity (Wildman–Crippen MR) is 81.7 cm³/mol. The number of carbonyl (C=O) groups is 2. The molecule has 1 saturated heterocycles. The van der Waals surface area contributed by atoms with Gasteiger partial charge in [-0.05, 0) is 37.0 Å². The molecule has 1 amide bonds. The fourth-order valence-electron chi connectivity index (χ4n) is 3.56. The standard InChI is InChI=1S/C17H27NO3/c1-17(2,3)12-8-10-18(11-9-12)15(19)13-6-4-5-7-14(13)16(20)21/h4-5,12-14H,6-11H2,1-3H3,(H,20,21)/t13-,14+/m1/s1. The molecule has 1 aliphatic carbocycles. The Hall–Kier alpha value is -1.32. The number of piperidine rings is 1. The lowest BCUT2D eigenvalue weighted by Crippen LogP contribution is -2.46. The minimum atomic E-state index is -0.845. The van der Waals surface area contributed by atoms with Crippen molar-refractivity contribution in [3.8, 4) is 0 Å². The molecule has 4 nitrogen and oxygen atoms in total. The maximum atomic E-state index is 12.7. The summed E-state index contributed by atoms with van der Waals surface area (Å²) < 4.78 is 0. The van der Waals surface area contributed by atoms with E-state index in [2.05, 4.69) is 20.8 Å². The second-order valence-electron chi connectivity index (χ2n) is 7.46. The van der Waals surface area contributed by atoms with Crippen molar-refractivity contribution in [3.63, 3.8) is 0 Å². The molecule has 2 aliphatic rings. The lowest BCUT2D eigenvalue weighted by molar-refractivity contribution is -0.151. The number of carboxylic acid groups (broad SMARTS) is 1. The number of carbonyl (C=O) groups excluding carboxylic acids is 1.